The van der Waals surface area contributed by atoms with E-state index in [1.807, 2.05) is 0 Å². The highest BCUT2D eigenvalue weighted by atomic mass is 16.6. The Morgan fingerprint density at radius 3 is 2.42 bits per heavy atom. The van der Waals surface area contributed by atoms with Crippen LogP contribution in [0.4, 0.5) is 0 Å². The Kier molecular flexibility index (Phi) is 2.76. The Morgan fingerprint density at radius 1 is 1.05 bits per heavy atom. The second kappa shape index (κ2) is 4.17. The van der Waals surface area contributed by atoms with Crippen LogP contribution >= 0.6 is 0 Å². The fourth-order valence-corrected chi connectivity index (χ4v) is 5.21. The van der Waals surface area contributed by atoms with E-state index in [-0.39, 0.29) is 11.5 Å². The molecule has 1 spiro atoms. The Balaban J connectivity index is 1.64. The van der Waals surface area contributed by atoms with Gasteiger partial charge in [-0.1, -0.05) is 13.8 Å². The molecule has 1 N–H and O–H groups in total. The van der Waals surface area contributed by atoms with Gasteiger partial charge in [-0.3, -0.25) is 0 Å². The van der Waals surface area contributed by atoms with Crippen LogP contribution in [-0.2, 0) is 14.2 Å². The lowest BCUT2D eigenvalue weighted by atomic mass is 9.63. The van der Waals surface area contributed by atoms with Gasteiger partial charge in [-0.15, -0.1) is 0 Å². The monoisotopic (exact) mass is 268 g/mol. The third-order valence-electron chi connectivity index (χ3n) is 5.91. The highest BCUT2D eigenvalue weighted by Crippen LogP contribution is 2.62. The molecule has 0 aromatic carbocycles. The molecular weight excluding hydrogens is 244 g/mol. The molecule has 0 aromatic rings. The molecule has 4 heteroatoms. The largest absolute Gasteiger partial charge is 0.374 e. The minimum absolute atomic E-state index is 0.0602. The van der Waals surface area contributed by atoms with Crippen LogP contribution < -0.4 is 0 Å². The van der Waals surface area contributed by atoms with Crippen molar-refractivity contribution < 1.29 is 19.3 Å². The van der Waals surface area contributed by atoms with Crippen molar-refractivity contribution in [2.24, 2.45) is 17.3 Å². The predicted octanol–water partition coefficient (Wildman–Crippen LogP) is 1.70. The summed E-state index contributed by atoms with van der Waals surface area (Å²) in [7, 11) is 0. The van der Waals surface area contributed by atoms with Crippen molar-refractivity contribution >= 4 is 0 Å². The molecule has 4 rings (SSSR count). The van der Waals surface area contributed by atoms with Gasteiger partial charge in [-0.25, -0.2) is 0 Å². The number of rotatable bonds is 2. The van der Waals surface area contributed by atoms with Gasteiger partial charge in [0.25, 0.3) is 0 Å². The average molecular weight is 268 g/mol. The molecule has 0 radical (unpaired) electrons. The first-order valence-electron chi connectivity index (χ1n) is 7.79. The van der Waals surface area contributed by atoms with Gasteiger partial charge in [0.15, 0.2) is 6.29 Å². The minimum Gasteiger partial charge on any atom is -0.374 e. The number of hydrogen-bond donors (Lipinski definition) is 1. The third-order valence-corrected chi connectivity index (χ3v) is 5.91. The van der Waals surface area contributed by atoms with E-state index in [4.69, 9.17) is 14.2 Å². The molecule has 4 aliphatic heterocycles. The quantitative estimate of drug-likeness (QED) is 0.828. The van der Waals surface area contributed by atoms with Crippen molar-refractivity contribution in [1.82, 2.24) is 0 Å². The Bertz CT molecular complexity index is 373. The number of fused-ring (bicyclic) bond motifs is 6. The van der Waals surface area contributed by atoms with Crippen LogP contribution in [0.25, 0.3) is 0 Å². The summed E-state index contributed by atoms with van der Waals surface area (Å²) in [5.41, 5.74) is 0.0602. The second-order valence-electron chi connectivity index (χ2n) is 6.82. The molecule has 0 aliphatic carbocycles. The van der Waals surface area contributed by atoms with Crippen LogP contribution in [0, 0.1) is 17.3 Å². The van der Waals surface area contributed by atoms with Crippen LogP contribution in [-0.4, -0.2) is 42.4 Å². The standard InChI is InChI=1S/C15H24O4/c1-3-8-12-10-5-15(6-11(16)17-7-15)14(19-10)13(12)9(4-2)18-8/h8-14,16H,3-7H2,1-2H3/t8-,9?,10?,11?,12?,13-,14?,15?/m1/s1. The average Bonchev–Trinajstić information content (AvgIpc) is 3.11. The molecule has 0 saturated carbocycles. The van der Waals surface area contributed by atoms with Crippen molar-refractivity contribution in [3.63, 3.8) is 0 Å². The number of ether oxygens (including phenoxy) is 3. The SMILES string of the molecule is CCC1O[C@H](CC)C2C3CC4(COC(O)C4)C(O3)[C@H]12. The van der Waals surface area contributed by atoms with E-state index in [0.29, 0.717) is 36.8 Å². The summed E-state index contributed by atoms with van der Waals surface area (Å²) >= 11 is 0. The molecule has 4 saturated heterocycles. The topological polar surface area (TPSA) is 47.9 Å². The van der Waals surface area contributed by atoms with Gasteiger partial charge in [0, 0.05) is 23.7 Å². The van der Waals surface area contributed by atoms with Crippen LogP contribution in [0.1, 0.15) is 39.5 Å². The van der Waals surface area contributed by atoms with E-state index in [1.54, 1.807) is 0 Å². The highest BCUT2D eigenvalue weighted by Gasteiger charge is 2.68. The van der Waals surface area contributed by atoms with Gasteiger partial charge in [-0.05, 0) is 19.3 Å². The van der Waals surface area contributed by atoms with E-state index >= 15 is 0 Å². The van der Waals surface area contributed by atoms with Crippen molar-refractivity contribution in [3.8, 4) is 0 Å². The smallest absolute Gasteiger partial charge is 0.155 e. The van der Waals surface area contributed by atoms with Crippen LogP contribution in [0.3, 0.4) is 0 Å². The lowest BCUT2D eigenvalue weighted by Crippen LogP contribution is -2.45. The summed E-state index contributed by atoms with van der Waals surface area (Å²) in [5.74, 6) is 1.09. The molecule has 4 aliphatic rings. The lowest BCUT2D eigenvalue weighted by Gasteiger charge is -2.37. The Labute approximate surface area is 114 Å². The fraction of sp³-hybridized carbons (Fsp3) is 1.00. The second-order valence-corrected chi connectivity index (χ2v) is 6.82. The summed E-state index contributed by atoms with van der Waals surface area (Å²) < 4.78 is 18.0. The van der Waals surface area contributed by atoms with E-state index in [2.05, 4.69) is 13.8 Å². The number of hydrogen-bond acceptors (Lipinski definition) is 4. The van der Waals surface area contributed by atoms with E-state index in [0.717, 1.165) is 25.7 Å². The first kappa shape index (κ1) is 12.6. The fourth-order valence-electron chi connectivity index (χ4n) is 5.21. The molecule has 19 heavy (non-hydrogen) atoms. The van der Waals surface area contributed by atoms with Crippen molar-refractivity contribution in [3.05, 3.63) is 0 Å². The molecule has 4 fully saturated rings. The van der Waals surface area contributed by atoms with E-state index in [1.165, 1.54) is 0 Å². The maximum absolute atomic E-state index is 9.74. The molecule has 6 unspecified atom stereocenters. The van der Waals surface area contributed by atoms with Gasteiger partial charge >= 0.3 is 0 Å². The first-order chi connectivity index (χ1) is 9.18. The van der Waals surface area contributed by atoms with Crippen LogP contribution in [0.15, 0.2) is 0 Å². The molecule has 4 heterocycles. The van der Waals surface area contributed by atoms with E-state index in [9.17, 15) is 5.11 Å². The predicted molar refractivity (Wildman–Crippen MR) is 68.5 cm³/mol. The molecule has 0 aromatic heterocycles. The number of aliphatic hydroxyl groups excluding tert-OH is 1. The highest BCUT2D eigenvalue weighted by molar-refractivity contribution is 5.14. The van der Waals surface area contributed by atoms with Crippen molar-refractivity contribution in [2.45, 2.75) is 70.2 Å². The van der Waals surface area contributed by atoms with Gasteiger partial charge in [0.1, 0.15) is 0 Å². The van der Waals surface area contributed by atoms with Gasteiger partial charge < -0.3 is 19.3 Å². The normalized spacial score (nSPS) is 59.2. The lowest BCUT2D eigenvalue weighted by molar-refractivity contribution is -0.0613. The summed E-state index contributed by atoms with van der Waals surface area (Å²) in [5, 5.41) is 9.74. The van der Waals surface area contributed by atoms with Crippen LogP contribution in [0.5, 0.6) is 0 Å². The molecule has 0 amide bonds. The first-order valence-corrected chi connectivity index (χ1v) is 7.79. The van der Waals surface area contributed by atoms with Gasteiger partial charge in [0.05, 0.1) is 31.0 Å². The molecule has 108 valence electrons. The Morgan fingerprint density at radius 2 is 1.79 bits per heavy atom. The number of aliphatic hydroxyl groups is 1. The zero-order valence-corrected chi connectivity index (χ0v) is 11.7. The maximum atomic E-state index is 9.74. The molecule has 4 nitrogen and oxygen atoms in total. The minimum atomic E-state index is -0.592. The summed E-state index contributed by atoms with van der Waals surface area (Å²) in [6.45, 7) is 5.08. The molecular formula is C15H24O4. The molecule has 2 bridgehead atoms. The maximum Gasteiger partial charge on any atom is 0.155 e. The molecule has 8 atom stereocenters. The van der Waals surface area contributed by atoms with E-state index < -0.39 is 6.29 Å². The zero-order valence-electron chi connectivity index (χ0n) is 11.7. The van der Waals surface area contributed by atoms with Crippen LogP contribution in [0.2, 0.25) is 0 Å². The summed E-state index contributed by atoms with van der Waals surface area (Å²) in [6.07, 6.45) is 4.60. The third kappa shape index (κ3) is 1.54. The summed E-state index contributed by atoms with van der Waals surface area (Å²) in [4.78, 5) is 0. The van der Waals surface area contributed by atoms with Crippen molar-refractivity contribution in [1.29, 1.82) is 0 Å². The van der Waals surface area contributed by atoms with Crippen molar-refractivity contribution in [2.75, 3.05) is 6.61 Å². The zero-order chi connectivity index (χ0) is 13.2. The van der Waals surface area contributed by atoms with Gasteiger partial charge in [0.2, 0.25) is 0 Å². The summed E-state index contributed by atoms with van der Waals surface area (Å²) in [6, 6.07) is 0. The van der Waals surface area contributed by atoms with Gasteiger partial charge in [-0.2, -0.15) is 0 Å². The Hall–Kier alpha value is -0.160.